The van der Waals surface area contributed by atoms with Crippen LogP contribution >= 0.6 is 34.3 Å². The SMILES string of the molecule is CCOc1ccc2nc(N(CCN3CCOCC3)C(=O)c3ccc(Cl)s3)sc2c1. The lowest BCUT2D eigenvalue weighted by molar-refractivity contribution is 0.0391. The van der Waals surface area contributed by atoms with E-state index in [2.05, 4.69) is 4.90 Å². The molecule has 154 valence electrons. The number of hydrogen-bond acceptors (Lipinski definition) is 7. The van der Waals surface area contributed by atoms with E-state index in [-0.39, 0.29) is 5.91 Å². The molecule has 0 atom stereocenters. The van der Waals surface area contributed by atoms with Crippen molar-refractivity contribution in [3.05, 3.63) is 39.5 Å². The summed E-state index contributed by atoms with van der Waals surface area (Å²) < 4.78 is 12.6. The van der Waals surface area contributed by atoms with Gasteiger partial charge >= 0.3 is 0 Å². The van der Waals surface area contributed by atoms with Crippen molar-refractivity contribution in [3.63, 3.8) is 0 Å². The molecule has 2 aromatic heterocycles. The number of aromatic nitrogens is 1. The molecule has 0 aliphatic carbocycles. The molecule has 1 amide bonds. The van der Waals surface area contributed by atoms with Crippen molar-refractivity contribution in [2.75, 3.05) is 50.9 Å². The van der Waals surface area contributed by atoms with E-state index in [1.165, 1.54) is 22.7 Å². The fourth-order valence-electron chi connectivity index (χ4n) is 3.18. The molecule has 0 radical (unpaired) electrons. The number of anilines is 1. The molecule has 29 heavy (non-hydrogen) atoms. The summed E-state index contributed by atoms with van der Waals surface area (Å²) in [6, 6.07) is 9.36. The Hall–Kier alpha value is -1.71. The normalized spacial score (nSPS) is 15.0. The van der Waals surface area contributed by atoms with Crippen LogP contribution in [0.25, 0.3) is 10.2 Å². The van der Waals surface area contributed by atoms with Gasteiger partial charge in [0.15, 0.2) is 5.13 Å². The van der Waals surface area contributed by atoms with Crippen LogP contribution in [0.3, 0.4) is 0 Å². The molecule has 3 aromatic rings. The summed E-state index contributed by atoms with van der Waals surface area (Å²) in [5.74, 6) is 0.741. The van der Waals surface area contributed by atoms with Gasteiger partial charge in [0.25, 0.3) is 5.91 Å². The van der Waals surface area contributed by atoms with Gasteiger partial charge in [0, 0.05) is 26.2 Å². The van der Waals surface area contributed by atoms with Crippen LogP contribution in [-0.4, -0.2) is 61.8 Å². The summed E-state index contributed by atoms with van der Waals surface area (Å²) in [6.45, 7) is 7.13. The zero-order valence-corrected chi connectivity index (χ0v) is 18.5. The Balaban J connectivity index is 1.61. The lowest BCUT2D eigenvalue weighted by Crippen LogP contribution is -2.43. The number of amides is 1. The van der Waals surface area contributed by atoms with Crippen LogP contribution in [0.15, 0.2) is 30.3 Å². The predicted octanol–water partition coefficient (Wildman–Crippen LogP) is 4.39. The first kappa shape index (κ1) is 20.6. The fourth-order valence-corrected chi connectivity index (χ4v) is 5.19. The molecule has 1 aliphatic heterocycles. The summed E-state index contributed by atoms with van der Waals surface area (Å²) in [5.41, 5.74) is 0.863. The van der Waals surface area contributed by atoms with Crippen LogP contribution in [-0.2, 0) is 4.74 Å². The molecule has 0 N–H and O–H groups in total. The molecule has 0 bridgehead atoms. The Bertz CT molecular complexity index is 984. The zero-order chi connectivity index (χ0) is 20.2. The van der Waals surface area contributed by atoms with Crippen molar-refractivity contribution in [1.82, 2.24) is 9.88 Å². The number of halogens is 1. The molecular formula is C20H22ClN3O3S2. The minimum Gasteiger partial charge on any atom is -0.494 e. The molecular weight excluding hydrogens is 430 g/mol. The molecule has 0 spiro atoms. The average molecular weight is 452 g/mol. The maximum atomic E-state index is 13.3. The van der Waals surface area contributed by atoms with Crippen LogP contribution in [0.1, 0.15) is 16.6 Å². The van der Waals surface area contributed by atoms with E-state index < -0.39 is 0 Å². The monoisotopic (exact) mass is 451 g/mol. The van der Waals surface area contributed by atoms with E-state index in [0.717, 1.165) is 48.8 Å². The summed E-state index contributed by atoms with van der Waals surface area (Å²) in [7, 11) is 0. The van der Waals surface area contributed by atoms with Crippen molar-refractivity contribution in [2.24, 2.45) is 0 Å². The van der Waals surface area contributed by atoms with Crippen molar-refractivity contribution >= 4 is 55.5 Å². The van der Waals surface area contributed by atoms with Gasteiger partial charge in [-0.05, 0) is 37.3 Å². The third kappa shape index (κ3) is 4.90. The van der Waals surface area contributed by atoms with Gasteiger partial charge < -0.3 is 9.47 Å². The quantitative estimate of drug-likeness (QED) is 0.533. The Labute approximate surface area is 182 Å². The van der Waals surface area contributed by atoms with Gasteiger partial charge in [-0.2, -0.15) is 0 Å². The highest BCUT2D eigenvalue weighted by Gasteiger charge is 2.24. The third-order valence-corrected chi connectivity index (χ3v) is 6.92. The molecule has 4 rings (SSSR count). The summed E-state index contributed by atoms with van der Waals surface area (Å²) >= 11 is 8.86. The number of nitrogens with zero attached hydrogens (tertiary/aromatic N) is 3. The molecule has 1 aliphatic rings. The summed E-state index contributed by atoms with van der Waals surface area (Å²) in [6.07, 6.45) is 0. The van der Waals surface area contributed by atoms with Crippen molar-refractivity contribution in [1.29, 1.82) is 0 Å². The molecule has 3 heterocycles. The number of rotatable bonds is 7. The minimum atomic E-state index is -0.0701. The van der Waals surface area contributed by atoms with E-state index in [9.17, 15) is 4.79 Å². The molecule has 1 saturated heterocycles. The number of ether oxygens (including phenoxy) is 2. The van der Waals surface area contributed by atoms with Gasteiger partial charge in [-0.1, -0.05) is 22.9 Å². The smallest absolute Gasteiger partial charge is 0.270 e. The Morgan fingerprint density at radius 3 is 2.83 bits per heavy atom. The number of thiazole rings is 1. The standard InChI is InChI=1S/C20H22ClN3O3S2/c1-2-27-14-3-4-15-17(13-14)29-20(22-15)24(8-7-23-9-11-26-12-10-23)19(25)16-5-6-18(21)28-16/h3-6,13H,2,7-12H2,1H3. The number of fused-ring (bicyclic) bond motifs is 1. The van der Waals surface area contributed by atoms with Crippen LogP contribution in [0, 0.1) is 0 Å². The van der Waals surface area contributed by atoms with E-state index in [4.69, 9.17) is 26.1 Å². The van der Waals surface area contributed by atoms with E-state index in [1.54, 1.807) is 17.0 Å². The second-order valence-corrected chi connectivity index (χ2v) is 9.30. The second-order valence-electron chi connectivity index (χ2n) is 6.57. The number of carbonyl (C=O) groups is 1. The van der Waals surface area contributed by atoms with Crippen LogP contribution in [0.5, 0.6) is 5.75 Å². The highest BCUT2D eigenvalue weighted by atomic mass is 35.5. The molecule has 1 aromatic carbocycles. The molecule has 9 heteroatoms. The van der Waals surface area contributed by atoms with Crippen LogP contribution < -0.4 is 9.64 Å². The predicted molar refractivity (Wildman–Crippen MR) is 119 cm³/mol. The van der Waals surface area contributed by atoms with Gasteiger partial charge in [-0.15, -0.1) is 11.3 Å². The van der Waals surface area contributed by atoms with Gasteiger partial charge in [0.1, 0.15) is 5.75 Å². The largest absolute Gasteiger partial charge is 0.494 e. The van der Waals surface area contributed by atoms with E-state index in [1.807, 2.05) is 25.1 Å². The maximum absolute atomic E-state index is 13.3. The number of morpholine rings is 1. The number of carbonyl (C=O) groups excluding carboxylic acids is 1. The molecule has 0 unspecified atom stereocenters. The highest BCUT2D eigenvalue weighted by Crippen LogP contribution is 2.33. The Morgan fingerprint density at radius 2 is 2.10 bits per heavy atom. The molecule has 0 saturated carbocycles. The molecule has 6 nitrogen and oxygen atoms in total. The van der Waals surface area contributed by atoms with Gasteiger partial charge in [-0.25, -0.2) is 4.98 Å². The van der Waals surface area contributed by atoms with Crippen molar-refractivity contribution in [2.45, 2.75) is 6.92 Å². The van der Waals surface area contributed by atoms with E-state index >= 15 is 0 Å². The van der Waals surface area contributed by atoms with Gasteiger partial charge in [0.05, 0.1) is 39.3 Å². The first-order chi connectivity index (χ1) is 14.1. The van der Waals surface area contributed by atoms with Gasteiger partial charge in [-0.3, -0.25) is 14.6 Å². The van der Waals surface area contributed by atoms with E-state index in [0.29, 0.717) is 27.5 Å². The number of thiophene rings is 1. The first-order valence-corrected chi connectivity index (χ1v) is 11.6. The number of hydrogen-bond donors (Lipinski definition) is 0. The zero-order valence-electron chi connectivity index (χ0n) is 16.1. The summed E-state index contributed by atoms with van der Waals surface area (Å²) in [5, 5.41) is 0.691. The highest BCUT2D eigenvalue weighted by molar-refractivity contribution is 7.22. The lowest BCUT2D eigenvalue weighted by Gasteiger charge is -2.29. The topological polar surface area (TPSA) is 54.9 Å². The number of benzene rings is 1. The lowest BCUT2D eigenvalue weighted by atomic mass is 10.3. The summed E-state index contributed by atoms with van der Waals surface area (Å²) in [4.78, 5) is 22.7. The maximum Gasteiger partial charge on any atom is 0.270 e. The van der Waals surface area contributed by atoms with Crippen molar-refractivity contribution < 1.29 is 14.3 Å². The van der Waals surface area contributed by atoms with Crippen molar-refractivity contribution in [3.8, 4) is 5.75 Å². The Kier molecular flexibility index (Phi) is 6.67. The Morgan fingerprint density at radius 1 is 1.28 bits per heavy atom. The minimum absolute atomic E-state index is 0.0701. The van der Waals surface area contributed by atoms with Crippen LogP contribution in [0.2, 0.25) is 4.34 Å². The molecule has 1 fully saturated rings. The van der Waals surface area contributed by atoms with Crippen LogP contribution in [0.4, 0.5) is 5.13 Å². The fraction of sp³-hybridized carbons (Fsp3) is 0.400. The second kappa shape index (κ2) is 9.40. The first-order valence-electron chi connectivity index (χ1n) is 9.54. The average Bonchev–Trinajstić information content (AvgIpc) is 3.35. The third-order valence-electron chi connectivity index (χ3n) is 4.66. The van der Waals surface area contributed by atoms with Gasteiger partial charge in [0.2, 0.25) is 0 Å².